The number of rotatable bonds is 4. The van der Waals surface area contributed by atoms with Gasteiger partial charge >= 0.3 is 0 Å². The van der Waals surface area contributed by atoms with Crippen LogP contribution in [0.5, 0.6) is 5.75 Å². The summed E-state index contributed by atoms with van der Waals surface area (Å²) < 4.78 is 5.06. The molecule has 0 saturated carbocycles. The lowest BCUT2D eigenvalue weighted by Gasteiger charge is -2.15. The molecule has 1 aliphatic heterocycles. The summed E-state index contributed by atoms with van der Waals surface area (Å²) in [6.45, 7) is 1.54. The van der Waals surface area contributed by atoms with E-state index in [1.54, 1.807) is 23.1 Å². The largest absolute Gasteiger partial charge is 0.497 e. The maximum absolute atomic E-state index is 12.0. The van der Waals surface area contributed by atoms with Crippen LogP contribution < -0.4 is 15.8 Å². The summed E-state index contributed by atoms with van der Waals surface area (Å²) in [4.78, 5) is 25.6. The fraction of sp³-hybridized carbons (Fsp3) is 0.429. The number of methoxy groups -OCH3 is 1. The predicted octanol–water partition coefficient (Wildman–Crippen LogP) is 0.630. The van der Waals surface area contributed by atoms with Crippen molar-refractivity contribution >= 4 is 17.5 Å². The van der Waals surface area contributed by atoms with Crippen LogP contribution >= 0.6 is 0 Å². The van der Waals surface area contributed by atoms with Crippen molar-refractivity contribution in [2.75, 3.05) is 32.5 Å². The van der Waals surface area contributed by atoms with Gasteiger partial charge in [0.1, 0.15) is 5.75 Å². The lowest BCUT2D eigenvalue weighted by Crippen LogP contribution is -2.38. The highest BCUT2D eigenvalue weighted by molar-refractivity contribution is 6.01. The third-order valence-electron chi connectivity index (χ3n) is 3.36. The molecule has 108 valence electrons. The van der Waals surface area contributed by atoms with Crippen LogP contribution in [0.4, 0.5) is 5.69 Å². The molecule has 6 nitrogen and oxygen atoms in total. The molecule has 0 aliphatic carbocycles. The van der Waals surface area contributed by atoms with Crippen LogP contribution in [-0.2, 0) is 4.79 Å². The van der Waals surface area contributed by atoms with Crippen molar-refractivity contribution in [1.29, 1.82) is 0 Å². The second-order valence-electron chi connectivity index (χ2n) is 4.72. The Balaban J connectivity index is 1.96. The minimum absolute atomic E-state index is 0.00448. The van der Waals surface area contributed by atoms with Crippen LogP contribution in [0.15, 0.2) is 18.2 Å². The number of amides is 2. The number of nitrogens with one attached hydrogen (secondary N) is 1. The SMILES string of the molecule is COc1ccc(N)c(C(=O)NCC(=O)N2CCCC2)c1. The molecule has 1 heterocycles. The van der Waals surface area contributed by atoms with E-state index in [1.807, 2.05) is 0 Å². The van der Waals surface area contributed by atoms with Gasteiger partial charge in [0.25, 0.3) is 5.91 Å². The minimum Gasteiger partial charge on any atom is -0.497 e. The predicted molar refractivity (Wildman–Crippen MR) is 75.6 cm³/mol. The number of carbonyl (C=O) groups excluding carboxylic acids is 2. The standard InChI is InChI=1S/C14H19N3O3/c1-20-10-4-5-12(15)11(8-10)14(19)16-9-13(18)17-6-2-3-7-17/h4-5,8H,2-3,6-7,9,15H2,1H3,(H,16,19). The first kappa shape index (κ1) is 14.2. The first-order valence-electron chi connectivity index (χ1n) is 6.61. The number of carbonyl (C=O) groups is 2. The van der Waals surface area contributed by atoms with Gasteiger partial charge in [0, 0.05) is 18.8 Å². The normalized spacial score (nSPS) is 14.2. The summed E-state index contributed by atoms with van der Waals surface area (Å²) in [5, 5.41) is 2.60. The summed E-state index contributed by atoms with van der Waals surface area (Å²) in [5.41, 5.74) is 6.44. The number of nitrogen functional groups attached to an aromatic ring is 1. The fourth-order valence-corrected chi connectivity index (χ4v) is 2.19. The van der Waals surface area contributed by atoms with Gasteiger partial charge in [0.2, 0.25) is 5.91 Å². The molecule has 1 aromatic carbocycles. The van der Waals surface area contributed by atoms with E-state index in [4.69, 9.17) is 10.5 Å². The molecule has 1 aromatic rings. The van der Waals surface area contributed by atoms with E-state index in [0.29, 0.717) is 17.0 Å². The van der Waals surface area contributed by atoms with E-state index in [9.17, 15) is 9.59 Å². The van der Waals surface area contributed by atoms with Crippen LogP contribution in [0.25, 0.3) is 0 Å². The van der Waals surface area contributed by atoms with Gasteiger partial charge < -0.3 is 20.7 Å². The van der Waals surface area contributed by atoms with Gasteiger partial charge in [-0.1, -0.05) is 0 Å². The maximum atomic E-state index is 12.0. The lowest BCUT2D eigenvalue weighted by atomic mass is 10.1. The molecule has 2 rings (SSSR count). The minimum atomic E-state index is -0.367. The zero-order chi connectivity index (χ0) is 14.5. The zero-order valence-corrected chi connectivity index (χ0v) is 11.5. The topological polar surface area (TPSA) is 84.7 Å². The Morgan fingerprint density at radius 1 is 1.35 bits per heavy atom. The second-order valence-corrected chi connectivity index (χ2v) is 4.72. The molecular weight excluding hydrogens is 258 g/mol. The number of nitrogens with zero attached hydrogens (tertiary/aromatic N) is 1. The first-order valence-corrected chi connectivity index (χ1v) is 6.61. The number of anilines is 1. The number of ether oxygens (including phenoxy) is 1. The smallest absolute Gasteiger partial charge is 0.253 e. The molecule has 0 unspecified atom stereocenters. The Kier molecular flexibility index (Phi) is 4.45. The third kappa shape index (κ3) is 3.20. The second kappa shape index (κ2) is 6.27. The molecule has 0 spiro atoms. The Hall–Kier alpha value is -2.24. The molecule has 20 heavy (non-hydrogen) atoms. The summed E-state index contributed by atoms with van der Waals surface area (Å²) in [7, 11) is 1.52. The highest BCUT2D eigenvalue weighted by Crippen LogP contribution is 2.19. The Morgan fingerprint density at radius 3 is 2.70 bits per heavy atom. The van der Waals surface area contributed by atoms with Crippen LogP contribution in [0.1, 0.15) is 23.2 Å². The van der Waals surface area contributed by atoms with Gasteiger partial charge in [-0.05, 0) is 31.0 Å². The Morgan fingerprint density at radius 2 is 2.05 bits per heavy atom. The van der Waals surface area contributed by atoms with Crippen LogP contribution in [-0.4, -0.2) is 43.5 Å². The van der Waals surface area contributed by atoms with Gasteiger partial charge in [0.05, 0.1) is 19.2 Å². The van der Waals surface area contributed by atoms with Crippen molar-refractivity contribution < 1.29 is 14.3 Å². The van der Waals surface area contributed by atoms with Crippen molar-refractivity contribution in [2.24, 2.45) is 0 Å². The molecular formula is C14H19N3O3. The highest BCUT2D eigenvalue weighted by atomic mass is 16.5. The van der Waals surface area contributed by atoms with Crippen molar-refractivity contribution in [2.45, 2.75) is 12.8 Å². The zero-order valence-electron chi connectivity index (χ0n) is 11.5. The van der Waals surface area contributed by atoms with Gasteiger partial charge in [0.15, 0.2) is 0 Å². The monoisotopic (exact) mass is 277 g/mol. The van der Waals surface area contributed by atoms with Gasteiger partial charge in [-0.2, -0.15) is 0 Å². The number of likely N-dealkylation sites (tertiary alicyclic amines) is 1. The summed E-state index contributed by atoms with van der Waals surface area (Å²) >= 11 is 0. The lowest BCUT2D eigenvalue weighted by molar-refractivity contribution is -0.129. The number of benzene rings is 1. The summed E-state index contributed by atoms with van der Waals surface area (Å²) in [6, 6.07) is 4.85. The Bertz CT molecular complexity index is 510. The van der Waals surface area contributed by atoms with Crippen molar-refractivity contribution in [1.82, 2.24) is 10.2 Å². The molecule has 0 bridgehead atoms. The quantitative estimate of drug-likeness (QED) is 0.791. The average Bonchev–Trinajstić information content (AvgIpc) is 2.99. The van der Waals surface area contributed by atoms with Crippen molar-refractivity contribution in [3.8, 4) is 5.75 Å². The van der Waals surface area contributed by atoms with E-state index in [2.05, 4.69) is 5.32 Å². The average molecular weight is 277 g/mol. The number of hydrogen-bond donors (Lipinski definition) is 2. The molecule has 0 radical (unpaired) electrons. The number of nitrogens with two attached hydrogens (primary N) is 1. The molecule has 6 heteroatoms. The fourth-order valence-electron chi connectivity index (χ4n) is 2.19. The molecule has 3 N–H and O–H groups in total. The van der Waals surface area contributed by atoms with Crippen molar-refractivity contribution in [3.63, 3.8) is 0 Å². The summed E-state index contributed by atoms with van der Waals surface area (Å²) in [5.74, 6) is 0.126. The number of hydrogen-bond acceptors (Lipinski definition) is 4. The summed E-state index contributed by atoms with van der Waals surface area (Å²) in [6.07, 6.45) is 2.06. The molecule has 0 atom stereocenters. The molecule has 1 aliphatic rings. The van der Waals surface area contributed by atoms with Crippen LogP contribution in [0.2, 0.25) is 0 Å². The molecule has 2 amide bonds. The Labute approximate surface area is 117 Å². The third-order valence-corrected chi connectivity index (χ3v) is 3.36. The van der Waals surface area contributed by atoms with Gasteiger partial charge in [-0.25, -0.2) is 0 Å². The van der Waals surface area contributed by atoms with Gasteiger partial charge in [-0.3, -0.25) is 9.59 Å². The van der Waals surface area contributed by atoms with Crippen LogP contribution in [0.3, 0.4) is 0 Å². The molecule has 1 fully saturated rings. The molecule has 1 saturated heterocycles. The van der Waals surface area contributed by atoms with Crippen molar-refractivity contribution in [3.05, 3.63) is 23.8 Å². The maximum Gasteiger partial charge on any atom is 0.253 e. The molecule has 0 aromatic heterocycles. The van der Waals surface area contributed by atoms with E-state index >= 15 is 0 Å². The van der Waals surface area contributed by atoms with E-state index < -0.39 is 0 Å². The van der Waals surface area contributed by atoms with E-state index in [0.717, 1.165) is 25.9 Å². The van der Waals surface area contributed by atoms with Gasteiger partial charge in [-0.15, -0.1) is 0 Å². The first-order chi connectivity index (χ1) is 9.61. The highest BCUT2D eigenvalue weighted by Gasteiger charge is 2.19. The van der Waals surface area contributed by atoms with Crippen LogP contribution in [0, 0.1) is 0 Å². The van der Waals surface area contributed by atoms with E-state index in [1.165, 1.54) is 7.11 Å². The van der Waals surface area contributed by atoms with E-state index in [-0.39, 0.29) is 18.4 Å².